The summed E-state index contributed by atoms with van der Waals surface area (Å²) in [6.45, 7) is 0.109. The molecule has 0 saturated heterocycles. The minimum absolute atomic E-state index is 0.109. The molecule has 0 N–H and O–H groups in total. The van der Waals surface area contributed by atoms with Crippen LogP contribution in [-0.4, -0.2) is 24.4 Å². The van der Waals surface area contributed by atoms with Gasteiger partial charge in [0.25, 0.3) is 5.91 Å². The second-order valence-electron chi connectivity index (χ2n) is 2.61. The average Bonchev–Trinajstić information content (AvgIpc) is 2.18. The molecular formula is C10H9N2O. The molecule has 13 heavy (non-hydrogen) atoms. The Labute approximate surface area is 77.2 Å². The highest BCUT2D eigenvalue weighted by atomic mass is 16.2. The molecule has 0 bridgehead atoms. The smallest absolute Gasteiger partial charge is 0.254 e. The maximum atomic E-state index is 11.5. The maximum absolute atomic E-state index is 11.5. The lowest BCUT2D eigenvalue weighted by Gasteiger charge is -2.12. The second kappa shape index (κ2) is 4.27. The van der Waals surface area contributed by atoms with Crippen molar-refractivity contribution in [2.45, 2.75) is 0 Å². The van der Waals surface area contributed by atoms with Crippen molar-refractivity contribution in [3.8, 4) is 6.07 Å². The summed E-state index contributed by atoms with van der Waals surface area (Å²) in [6.07, 6.45) is 0. The Balaban J connectivity index is 2.75. The van der Waals surface area contributed by atoms with Crippen LogP contribution in [-0.2, 0) is 0 Å². The molecule has 0 unspecified atom stereocenters. The van der Waals surface area contributed by atoms with Crippen LogP contribution in [0.15, 0.2) is 24.3 Å². The molecule has 0 atom stereocenters. The van der Waals surface area contributed by atoms with Crippen molar-refractivity contribution in [1.82, 2.24) is 4.90 Å². The zero-order valence-electron chi connectivity index (χ0n) is 7.32. The number of carbonyl (C=O) groups excluding carboxylic acids is 1. The van der Waals surface area contributed by atoms with E-state index in [-0.39, 0.29) is 12.5 Å². The van der Waals surface area contributed by atoms with Gasteiger partial charge in [0, 0.05) is 12.6 Å². The predicted octanol–water partition coefficient (Wildman–Crippen LogP) is 1.08. The van der Waals surface area contributed by atoms with Gasteiger partial charge in [0.05, 0.1) is 6.07 Å². The van der Waals surface area contributed by atoms with Gasteiger partial charge in [-0.2, -0.15) is 5.26 Å². The van der Waals surface area contributed by atoms with Gasteiger partial charge in [0.15, 0.2) is 0 Å². The third kappa shape index (κ3) is 2.31. The van der Waals surface area contributed by atoms with Crippen molar-refractivity contribution in [3.63, 3.8) is 0 Å². The zero-order valence-corrected chi connectivity index (χ0v) is 7.32. The SMILES string of the molecule is CN(CC#N)C(=O)c1cc[c]cc1. The van der Waals surface area contributed by atoms with Crippen molar-refractivity contribution in [2.75, 3.05) is 13.6 Å². The first-order valence-corrected chi connectivity index (χ1v) is 3.84. The molecule has 0 aliphatic rings. The van der Waals surface area contributed by atoms with Crippen LogP contribution >= 0.6 is 0 Å². The average molecular weight is 173 g/mol. The van der Waals surface area contributed by atoms with Crippen LogP contribution in [0, 0.1) is 17.4 Å². The predicted molar refractivity (Wildman–Crippen MR) is 47.9 cm³/mol. The number of nitriles is 1. The van der Waals surface area contributed by atoms with E-state index < -0.39 is 0 Å². The minimum Gasteiger partial charge on any atom is -0.328 e. The molecule has 0 fully saturated rings. The van der Waals surface area contributed by atoms with Crippen molar-refractivity contribution in [3.05, 3.63) is 35.9 Å². The summed E-state index contributed by atoms with van der Waals surface area (Å²) in [5.41, 5.74) is 0.580. The third-order valence-electron chi connectivity index (χ3n) is 1.62. The van der Waals surface area contributed by atoms with E-state index >= 15 is 0 Å². The standard InChI is InChI=1S/C10H9N2O/c1-12(8-7-11)10(13)9-5-3-2-4-6-9/h3-6H,8H2,1H3. The molecule has 1 aromatic rings. The van der Waals surface area contributed by atoms with E-state index in [2.05, 4.69) is 6.07 Å². The Morgan fingerprint density at radius 2 is 2.23 bits per heavy atom. The molecule has 1 rings (SSSR count). The van der Waals surface area contributed by atoms with Gasteiger partial charge < -0.3 is 4.90 Å². The molecule has 1 amide bonds. The van der Waals surface area contributed by atoms with E-state index in [0.29, 0.717) is 5.56 Å². The van der Waals surface area contributed by atoms with E-state index in [9.17, 15) is 4.79 Å². The molecule has 0 spiro atoms. The maximum Gasteiger partial charge on any atom is 0.254 e. The van der Waals surface area contributed by atoms with Gasteiger partial charge >= 0.3 is 0 Å². The molecule has 3 heteroatoms. The fraction of sp³-hybridized carbons (Fsp3) is 0.200. The molecule has 0 heterocycles. The molecular weight excluding hydrogens is 164 g/mol. The van der Waals surface area contributed by atoms with Crippen LogP contribution in [0.3, 0.4) is 0 Å². The molecule has 65 valence electrons. The number of nitrogens with zero attached hydrogens (tertiary/aromatic N) is 2. The van der Waals surface area contributed by atoms with Gasteiger partial charge in [-0.3, -0.25) is 4.79 Å². The minimum atomic E-state index is -0.143. The molecule has 1 aromatic carbocycles. The summed E-state index contributed by atoms with van der Waals surface area (Å²) in [4.78, 5) is 12.9. The summed E-state index contributed by atoms with van der Waals surface area (Å²) >= 11 is 0. The first-order chi connectivity index (χ1) is 6.25. The summed E-state index contributed by atoms with van der Waals surface area (Å²) in [5, 5.41) is 8.38. The lowest BCUT2D eigenvalue weighted by molar-refractivity contribution is 0.0812. The second-order valence-corrected chi connectivity index (χ2v) is 2.61. The van der Waals surface area contributed by atoms with Crippen molar-refractivity contribution in [1.29, 1.82) is 5.26 Å². The normalized spacial score (nSPS) is 8.92. The van der Waals surface area contributed by atoms with E-state index in [1.54, 1.807) is 31.3 Å². The highest BCUT2D eigenvalue weighted by Gasteiger charge is 2.09. The molecule has 0 aliphatic heterocycles. The van der Waals surface area contributed by atoms with Gasteiger partial charge in [-0.1, -0.05) is 12.1 Å². The summed E-state index contributed by atoms with van der Waals surface area (Å²) in [5.74, 6) is -0.143. The van der Waals surface area contributed by atoms with Gasteiger partial charge in [-0.25, -0.2) is 0 Å². The molecule has 1 radical (unpaired) electrons. The van der Waals surface area contributed by atoms with Crippen LogP contribution < -0.4 is 0 Å². The van der Waals surface area contributed by atoms with Crippen LogP contribution in [0.5, 0.6) is 0 Å². The molecule has 3 nitrogen and oxygen atoms in total. The van der Waals surface area contributed by atoms with Gasteiger partial charge in [0.2, 0.25) is 0 Å². The summed E-state index contributed by atoms with van der Waals surface area (Å²) in [6, 6.07) is 11.4. The number of benzene rings is 1. The van der Waals surface area contributed by atoms with Crippen LogP contribution in [0.4, 0.5) is 0 Å². The fourth-order valence-corrected chi connectivity index (χ4v) is 0.928. The highest BCUT2D eigenvalue weighted by molar-refractivity contribution is 5.94. The Kier molecular flexibility index (Phi) is 3.04. The van der Waals surface area contributed by atoms with E-state index in [1.165, 1.54) is 4.90 Å². The van der Waals surface area contributed by atoms with Gasteiger partial charge in [0.1, 0.15) is 6.54 Å². The molecule has 0 saturated carbocycles. The number of carbonyl (C=O) groups is 1. The zero-order chi connectivity index (χ0) is 9.68. The number of hydrogen-bond donors (Lipinski definition) is 0. The summed E-state index contributed by atoms with van der Waals surface area (Å²) < 4.78 is 0. The topological polar surface area (TPSA) is 44.1 Å². The quantitative estimate of drug-likeness (QED) is 0.628. The van der Waals surface area contributed by atoms with E-state index in [4.69, 9.17) is 5.26 Å². The first kappa shape index (κ1) is 9.27. The Morgan fingerprint density at radius 3 is 2.77 bits per heavy atom. The Morgan fingerprint density at radius 1 is 1.62 bits per heavy atom. The van der Waals surface area contributed by atoms with E-state index in [0.717, 1.165) is 0 Å². The Hall–Kier alpha value is -1.82. The first-order valence-electron chi connectivity index (χ1n) is 3.84. The molecule has 0 aromatic heterocycles. The third-order valence-corrected chi connectivity index (χ3v) is 1.62. The van der Waals surface area contributed by atoms with Crippen molar-refractivity contribution < 1.29 is 4.79 Å². The van der Waals surface area contributed by atoms with Crippen molar-refractivity contribution >= 4 is 5.91 Å². The van der Waals surface area contributed by atoms with Gasteiger partial charge in [-0.05, 0) is 18.2 Å². The summed E-state index contributed by atoms with van der Waals surface area (Å²) in [7, 11) is 1.60. The van der Waals surface area contributed by atoms with E-state index in [1.807, 2.05) is 6.07 Å². The van der Waals surface area contributed by atoms with Gasteiger partial charge in [-0.15, -0.1) is 0 Å². The lowest BCUT2D eigenvalue weighted by Crippen LogP contribution is -2.26. The van der Waals surface area contributed by atoms with Crippen LogP contribution in [0.2, 0.25) is 0 Å². The lowest BCUT2D eigenvalue weighted by atomic mass is 10.2. The van der Waals surface area contributed by atoms with Crippen molar-refractivity contribution in [2.24, 2.45) is 0 Å². The fourth-order valence-electron chi connectivity index (χ4n) is 0.928. The largest absolute Gasteiger partial charge is 0.328 e. The molecule has 0 aliphatic carbocycles. The number of amides is 1. The monoisotopic (exact) mass is 173 g/mol. The number of rotatable bonds is 2. The number of hydrogen-bond acceptors (Lipinski definition) is 2. The van der Waals surface area contributed by atoms with Crippen LogP contribution in [0.1, 0.15) is 10.4 Å². The Bertz CT molecular complexity index is 327. The highest BCUT2D eigenvalue weighted by Crippen LogP contribution is 2.01. The van der Waals surface area contributed by atoms with Crippen LogP contribution in [0.25, 0.3) is 0 Å².